The predicted octanol–water partition coefficient (Wildman–Crippen LogP) is 4.13. The Labute approximate surface area is 165 Å². The average Bonchev–Trinajstić information content (AvgIpc) is 3.28. The fourth-order valence-corrected chi connectivity index (χ4v) is 4.93. The van der Waals surface area contributed by atoms with Crippen LogP contribution in [0, 0.1) is 17.8 Å². The molecule has 0 unspecified atom stereocenters. The molecule has 1 N–H and O–H groups in total. The van der Waals surface area contributed by atoms with Gasteiger partial charge in [0.2, 0.25) is 0 Å². The van der Waals surface area contributed by atoms with Crippen molar-refractivity contribution in [3.05, 3.63) is 40.2 Å². The molecule has 29 heavy (non-hydrogen) atoms. The third-order valence-electron chi connectivity index (χ3n) is 6.21. The number of nitrogens with one attached hydrogen (secondary N) is 1. The van der Waals surface area contributed by atoms with Crippen LogP contribution in [0.3, 0.4) is 0 Å². The number of alkyl halides is 3. The van der Waals surface area contributed by atoms with Gasteiger partial charge in [-0.1, -0.05) is 6.42 Å². The number of ether oxygens (including phenoxy) is 1. The minimum absolute atomic E-state index is 0.0605. The molecule has 1 aromatic heterocycles. The normalized spacial score (nSPS) is 24.6. The number of hydrogen-bond acceptors (Lipinski definition) is 4. The summed E-state index contributed by atoms with van der Waals surface area (Å²) in [6.45, 7) is 1.74. The van der Waals surface area contributed by atoms with Gasteiger partial charge in [0, 0.05) is 23.6 Å². The summed E-state index contributed by atoms with van der Waals surface area (Å²) in [4.78, 5) is 23.7. The topological polar surface area (TPSA) is 68.5 Å². The van der Waals surface area contributed by atoms with Crippen molar-refractivity contribution in [3.63, 3.8) is 0 Å². The van der Waals surface area contributed by atoms with Crippen molar-refractivity contribution in [2.75, 3.05) is 6.61 Å². The van der Waals surface area contributed by atoms with Crippen LogP contribution >= 0.6 is 0 Å². The molecule has 5 nitrogen and oxygen atoms in total. The standard InChI is InChI=1S/C21H22F3NO4/c1-11(16-7-12-2-3-13(16)6-12)25-19(26)10-28-14-4-5-15-17(21(22,23)24)9-20(27)29-18(15)8-14/h4-5,8-9,11-13,16H,2-3,6-7,10H2,1H3,(H,25,26)/t11-,12-,13-,16+/m0/s1. The summed E-state index contributed by atoms with van der Waals surface area (Å²) in [5.74, 6) is 1.83. The molecule has 2 bridgehead atoms. The summed E-state index contributed by atoms with van der Waals surface area (Å²) in [5.41, 5.74) is -2.40. The lowest BCUT2D eigenvalue weighted by atomic mass is 9.84. The maximum Gasteiger partial charge on any atom is 0.417 e. The van der Waals surface area contributed by atoms with Crippen LogP contribution in [0.5, 0.6) is 5.75 Å². The van der Waals surface area contributed by atoms with E-state index in [1.54, 1.807) is 0 Å². The predicted molar refractivity (Wildman–Crippen MR) is 99.5 cm³/mol. The second-order valence-electron chi connectivity index (χ2n) is 8.12. The van der Waals surface area contributed by atoms with E-state index in [-0.39, 0.29) is 35.3 Å². The summed E-state index contributed by atoms with van der Waals surface area (Å²) >= 11 is 0. The third-order valence-corrected chi connectivity index (χ3v) is 6.21. The van der Waals surface area contributed by atoms with Gasteiger partial charge in [-0.3, -0.25) is 4.79 Å². The van der Waals surface area contributed by atoms with E-state index in [1.165, 1.54) is 37.5 Å². The largest absolute Gasteiger partial charge is 0.484 e. The lowest BCUT2D eigenvalue weighted by Gasteiger charge is -2.28. The number of hydrogen-bond donors (Lipinski definition) is 1. The molecule has 0 spiro atoms. The minimum Gasteiger partial charge on any atom is -0.484 e. The van der Waals surface area contributed by atoms with Crippen molar-refractivity contribution < 1.29 is 27.1 Å². The summed E-state index contributed by atoms with van der Waals surface area (Å²) in [7, 11) is 0. The zero-order valence-corrected chi connectivity index (χ0v) is 15.9. The van der Waals surface area contributed by atoms with Crippen molar-refractivity contribution in [2.24, 2.45) is 17.8 Å². The number of carbonyl (C=O) groups is 1. The van der Waals surface area contributed by atoms with E-state index < -0.39 is 17.4 Å². The van der Waals surface area contributed by atoms with E-state index in [0.29, 0.717) is 17.9 Å². The molecule has 1 aromatic carbocycles. The van der Waals surface area contributed by atoms with Gasteiger partial charge in [-0.2, -0.15) is 13.2 Å². The Morgan fingerprint density at radius 1 is 1.28 bits per heavy atom. The molecule has 4 atom stereocenters. The summed E-state index contributed by atoms with van der Waals surface area (Å²) in [6.07, 6.45) is 0.251. The van der Waals surface area contributed by atoms with Gasteiger partial charge in [-0.25, -0.2) is 4.79 Å². The van der Waals surface area contributed by atoms with Crippen molar-refractivity contribution in [3.8, 4) is 5.75 Å². The van der Waals surface area contributed by atoms with Crippen LogP contribution < -0.4 is 15.7 Å². The van der Waals surface area contributed by atoms with Gasteiger partial charge in [0.25, 0.3) is 5.91 Å². The number of fused-ring (bicyclic) bond motifs is 3. The Hall–Kier alpha value is -2.51. The maximum absolute atomic E-state index is 13.1. The first-order chi connectivity index (χ1) is 13.7. The van der Waals surface area contributed by atoms with E-state index >= 15 is 0 Å². The van der Waals surface area contributed by atoms with Crippen LogP contribution in [-0.4, -0.2) is 18.6 Å². The van der Waals surface area contributed by atoms with E-state index in [0.717, 1.165) is 12.3 Å². The van der Waals surface area contributed by atoms with Gasteiger partial charge in [-0.15, -0.1) is 0 Å². The van der Waals surface area contributed by atoms with Crippen LogP contribution in [-0.2, 0) is 11.0 Å². The SMILES string of the molecule is C[C@H](NC(=O)COc1ccc2c(C(F)(F)F)cc(=O)oc2c1)[C@H]1C[C@H]2CC[C@H]1C2. The molecular weight excluding hydrogens is 387 g/mol. The van der Waals surface area contributed by atoms with E-state index in [2.05, 4.69) is 5.32 Å². The zero-order chi connectivity index (χ0) is 20.8. The first-order valence-electron chi connectivity index (χ1n) is 9.78. The van der Waals surface area contributed by atoms with Gasteiger partial charge in [0.15, 0.2) is 6.61 Å². The maximum atomic E-state index is 13.1. The van der Waals surface area contributed by atoms with Gasteiger partial charge < -0.3 is 14.5 Å². The summed E-state index contributed by atoms with van der Waals surface area (Å²) in [5, 5.41) is 2.73. The van der Waals surface area contributed by atoms with Crippen LogP contribution in [0.4, 0.5) is 13.2 Å². The molecule has 2 aliphatic carbocycles. The van der Waals surface area contributed by atoms with E-state index in [4.69, 9.17) is 9.15 Å². The highest BCUT2D eigenvalue weighted by Crippen LogP contribution is 2.49. The molecule has 156 valence electrons. The lowest BCUT2D eigenvalue weighted by Crippen LogP contribution is -2.42. The molecule has 0 aliphatic heterocycles. The number of amides is 1. The number of carbonyl (C=O) groups excluding carboxylic acids is 1. The Kier molecular flexibility index (Phi) is 5.04. The molecule has 2 saturated carbocycles. The number of halogens is 3. The molecule has 0 saturated heterocycles. The molecule has 4 rings (SSSR count). The molecule has 2 aliphatic rings. The van der Waals surface area contributed by atoms with Crippen molar-refractivity contribution in [2.45, 2.75) is 44.8 Å². The molecule has 1 amide bonds. The molecule has 2 fully saturated rings. The minimum atomic E-state index is -4.67. The zero-order valence-electron chi connectivity index (χ0n) is 15.9. The van der Waals surface area contributed by atoms with Gasteiger partial charge in [0.1, 0.15) is 11.3 Å². The Morgan fingerprint density at radius 2 is 2.07 bits per heavy atom. The quantitative estimate of drug-likeness (QED) is 0.754. The molecule has 0 radical (unpaired) electrons. The third kappa shape index (κ3) is 4.11. The Bertz CT molecular complexity index is 984. The van der Waals surface area contributed by atoms with Crippen molar-refractivity contribution in [1.29, 1.82) is 0 Å². The highest BCUT2D eigenvalue weighted by molar-refractivity contribution is 5.82. The first kappa shape index (κ1) is 19.8. The molecule has 1 heterocycles. The Morgan fingerprint density at radius 3 is 2.72 bits per heavy atom. The van der Waals surface area contributed by atoms with Crippen molar-refractivity contribution in [1.82, 2.24) is 5.32 Å². The number of benzene rings is 1. The lowest BCUT2D eigenvalue weighted by molar-refractivity contribution is -0.136. The van der Waals surface area contributed by atoms with E-state index in [9.17, 15) is 22.8 Å². The number of rotatable bonds is 5. The summed E-state index contributed by atoms with van der Waals surface area (Å²) in [6, 6.07) is 4.17. The van der Waals surface area contributed by atoms with E-state index in [1.807, 2.05) is 6.92 Å². The van der Waals surface area contributed by atoms with Crippen molar-refractivity contribution >= 4 is 16.9 Å². The van der Waals surface area contributed by atoms with Crippen LogP contribution in [0.25, 0.3) is 11.0 Å². The monoisotopic (exact) mass is 409 g/mol. The molecule has 8 heteroatoms. The van der Waals surface area contributed by atoms with Gasteiger partial charge in [0.05, 0.1) is 5.56 Å². The highest BCUT2D eigenvalue weighted by Gasteiger charge is 2.42. The van der Waals surface area contributed by atoms with Crippen LogP contribution in [0.1, 0.15) is 38.2 Å². The van der Waals surface area contributed by atoms with Gasteiger partial charge in [-0.05, 0) is 56.1 Å². The van der Waals surface area contributed by atoms with Crippen LogP contribution in [0.15, 0.2) is 33.5 Å². The smallest absolute Gasteiger partial charge is 0.417 e. The van der Waals surface area contributed by atoms with Gasteiger partial charge >= 0.3 is 11.8 Å². The second-order valence-corrected chi connectivity index (χ2v) is 8.12. The Balaban J connectivity index is 1.40. The molecular formula is C21H22F3NO4. The average molecular weight is 409 g/mol. The second kappa shape index (κ2) is 7.39. The fraction of sp³-hybridized carbons (Fsp3) is 0.524. The molecule has 2 aromatic rings. The highest BCUT2D eigenvalue weighted by atomic mass is 19.4. The fourth-order valence-electron chi connectivity index (χ4n) is 4.93. The van der Waals surface area contributed by atoms with Crippen LogP contribution in [0.2, 0.25) is 0 Å². The first-order valence-corrected chi connectivity index (χ1v) is 9.78. The summed E-state index contributed by atoms with van der Waals surface area (Å²) < 4.78 is 49.6.